The number of halogens is 1. The minimum absolute atomic E-state index is 0.153. The van der Waals surface area contributed by atoms with Crippen LogP contribution in [0.15, 0.2) is 48.7 Å². The number of anilines is 1. The van der Waals surface area contributed by atoms with Crippen molar-refractivity contribution < 1.29 is 9.84 Å². The molecule has 2 aromatic heterocycles. The van der Waals surface area contributed by atoms with Gasteiger partial charge >= 0.3 is 0 Å². The Balaban J connectivity index is 1.88. The molecule has 0 radical (unpaired) electrons. The summed E-state index contributed by atoms with van der Waals surface area (Å²) in [5, 5.41) is 14.7. The van der Waals surface area contributed by atoms with Crippen molar-refractivity contribution in [3.63, 3.8) is 0 Å². The van der Waals surface area contributed by atoms with E-state index in [1.165, 1.54) is 11.3 Å². The van der Waals surface area contributed by atoms with Crippen LogP contribution in [0.2, 0.25) is 5.02 Å². The van der Waals surface area contributed by atoms with E-state index in [2.05, 4.69) is 17.2 Å². The third-order valence-corrected chi connectivity index (χ3v) is 6.14. The highest BCUT2D eigenvalue weighted by molar-refractivity contribution is 7.18. The number of thiazole rings is 1. The molecule has 2 N–H and O–H groups in total. The summed E-state index contributed by atoms with van der Waals surface area (Å²) >= 11 is 8.17. The summed E-state index contributed by atoms with van der Waals surface area (Å²) in [4.78, 5) is 15.0. The monoisotopic (exact) mass is 466 g/mol. The SMILES string of the molecule is CCCNc1ncc(-c2cc(-c3c(C)cc(OC)cc3Cl)nc(-c3cccc(O)c3)n2)s1. The Kier molecular flexibility index (Phi) is 6.58. The van der Waals surface area contributed by atoms with Crippen molar-refractivity contribution in [1.82, 2.24) is 15.0 Å². The van der Waals surface area contributed by atoms with Gasteiger partial charge in [0, 0.05) is 23.9 Å². The number of nitrogens with one attached hydrogen (secondary N) is 1. The predicted octanol–water partition coefficient (Wildman–Crippen LogP) is 6.43. The van der Waals surface area contributed by atoms with Crippen LogP contribution in [-0.4, -0.2) is 33.7 Å². The third-order valence-electron chi connectivity index (χ3n) is 4.87. The number of nitrogens with zero attached hydrogens (tertiary/aromatic N) is 3. The van der Waals surface area contributed by atoms with Gasteiger partial charge in [-0.3, -0.25) is 0 Å². The molecule has 0 bridgehead atoms. The molecule has 0 saturated heterocycles. The number of hydrogen-bond donors (Lipinski definition) is 2. The second-order valence-corrected chi connectivity index (χ2v) is 8.71. The Labute approximate surface area is 195 Å². The number of phenols is 1. The molecular weight excluding hydrogens is 444 g/mol. The van der Waals surface area contributed by atoms with Gasteiger partial charge in [-0.05, 0) is 49.2 Å². The van der Waals surface area contributed by atoms with Gasteiger partial charge in [0.25, 0.3) is 0 Å². The van der Waals surface area contributed by atoms with Crippen LogP contribution in [0.1, 0.15) is 18.9 Å². The maximum atomic E-state index is 9.97. The first kappa shape index (κ1) is 22.0. The molecule has 164 valence electrons. The maximum Gasteiger partial charge on any atom is 0.183 e. The third kappa shape index (κ3) is 4.69. The van der Waals surface area contributed by atoms with E-state index in [9.17, 15) is 5.11 Å². The van der Waals surface area contributed by atoms with Gasteiger partial charge in [-0.15, -0.1) is 0 Å². The Hall–Kier alpha value is -3.16. The zero-order valence-electron chi connectivity index (χ0n) is 18.0. The van der Waals surface area contributed by atoms with Crippen molar-refractivity contribution in [3.8, 4) is 44.7 Å². The number of aryl methyl sites for hydroxylation is 1. The summed E-state index contributed by atoms with van der Waals surface area (Å²) in [7, 11) is 1.61. The fourth-order valence-corrected chi connectivity index (χ4v) is 4.49. The van der Waals surface area contributed by atoms with E-state index in [1.807, 2.05) is 31.3 Å². The molecule has 0 aliphatic heterocycles. The molecule has 8 heteroatoms. The number of methoxy groups -OCH3 is 1. The molecule has 6 nitrogen and oxygen atoms in total. The van der Waals surface area contributed by atoms with E-state index in [-0.39, 0.29) is 5.75 Å². The Morgan fingerprint density at radius 2 is 1.94 bits per heavy atom. The normalized spacial score (nSPS) is 10.9. The van der Waals surface area contributed by atoms with E-state index in [0.29, 0.717) is 27.9 Å². The van der Waals surface area contributed by atoms with Gasteiger partial charge in [0.1, 0.15) is 11.5 Å². The van der Waals surface area contributed by atoms with E-state index in [0.717, 1.165) is 39.8 Å². The molecule has 0 aliphatic carbocycles. The Morgan fingerprint density at radius 1 is 1.12 bits per heavy atom. The quantitative estimate of drug-likeness (QED) is 0.326. The fourth-order valence-electron chi connectivity index (χ4n) is 3.34. The highest BCUT2D eigenvalue weighted by Gasteiger charge is 2.17. The second-order valence-electron chi connectivity index (χ2n) is 7.27. The van der Waals surface area contributed by atoms with Crippen LogP contribution in [-0.2, 0) is 0 Å². The zero-order chi connectivity index (χ0) is 22.7. The first-order chi connectivity index (χ1) is 15.5. The lowest BCUT2D eigenvalue weighted by Crippen LogP contribution is -1.98. The van der Waals surface area contributed by atoms with E-state index in [4.69, 9.17) is 26.3 Å². The van der Waals surface area contributed by atoms with Gasteiger partial charge < -0.3 is 15.2 Å². The van der Waals surface area contributed by atoms with Crippen molar-refractivity contribution in [3.05, 3.63) is 59.2 Å². The molecule has 0 atom stereocenters. The van der Waals surface area contributed by atoms with Gasteiger partial charge in [0.15, 0.2) is 11.0 Å². The average molecular weight is 467 g/mol. The van der Waals surface area contributed by atoms with Crippen molar-refractivity contribution in [2.75, 3.05) is 19.0 Å². The number of aromatic hydroxyl groups is 1. The van der Waals surface area contributed by atoms with E-state index < -0.39 is 0 Å². The number of phenolic OH excluding ortho intramolecular Hbond substituents is 1. The zero-order valence-corrected chi connectivity index (χ0v) is 19.6. The van der Waals surface area contributed by atoms with E-state index in [1.54, 1.807) is 31.4 Å². The lowest BCUT2D eigenvalue weighted by molar-refractivity contribution is 0.414. The smallest absolute Gasteiger partial charge is 0.183 e. The summed E-state index contributed by atoms with van der Waals surface area (Å²) in [5.41, 5.74) is 3.89. The number of benzene rings is 2. The molecule has 0 aliphatic rings. The Morgan fingerprint density at radius 3 is 2.66 bits per heavy atom. The molecule has 0 amide bonds. The number of aromatic nitrogens is 3. The molecule has 0 spiro atoms. The fraction of sp³-hybridized carbons (Fsp3) is 0.208. The van der Waals surface area contributed by atoms with Gasteiger partial charge in [0.2, 0.25) is 0 Å². The molecule has 0 fully saturated rings. The number of rotatable bonds is 7. The van der Waals surface area contributed by atoms with Gasteiger partial charge in [-0.2, -0.15) is 0 Å². The minimum atomic E-state index is 0.153. The molecule has 2 heterocycles. The van der Waals surface area contributed by atoms with Crippen molar-refractivity contribution in [1.29, 1.82) is 0 Å². The van der Waals surface area contributed by atoms with Crippen LogP contribution in [0.25, 0.3) is 33.2 Å². The molecule has 0 unspecified atom stereocenters. The summed E-state index contributed by atoms with van der Waals surface area (Å²) < 4.78 is 5.34. The van der Waals surface area contributed by atoms with Crippen LogP contribution in [0, 0.1) is 6.92 Å². The summed E-state index contributed by atoms with van der Waals surface area (Å²) in [5.74, 6) is 1.34. The molecule has 4 rings (SSSR count). The number of ether oxygens (including phenoxy) is 1. The first-order valence-corrected chi connectivity index (χ1v) is 11.4. The highest BCUT2D eigenvalue weighted by atomic mass is 35.5. The second kappa shape index (κ2) is 9.54. The lowest BCUT2D eigenvalue weighted by Gasteiger charge is -2.13. The Bertz CT molecular complexity index is 1240. The van der Waals surface area contributed by atoms with Crippen LogP contribution in [0.3, 0.4) is 0 Å². The van der Waals surface area contributed by atoms with Crippen molar-refractivity contribution in [2.24, 2.45) is 0 Å². The van der Waals surface area contributed by atoms with Gasteiger partial charge in [-0.1, -0.05) is 42.0 Å². The highest BCUT2D eigenvalue weighted by Crippen LogP contribution is 2.37. The van der Waals surface area contributed by atoms with Crippen LogP contribution in [0.4, 0.5) is 5.13 Å². The molecular formula is C24H23ClN4O2S. The first-order valence-electron chi connectivity index (χ1n) is 10.2. The average Bonchev–Trinajstić information content (AvgIpc) is 3.26. The summed E-state index contributed by atoms with van der Waals surface area (Å²) in [6.07, 6.45) is 2.83. The van der Waals surface area contributed by atoms with Crippen molar-refractivity contribution >= 4 is 28.1 Å². The summed E-state index contributed by atoms with van der Waals surface area (Å²) in [6.45, 7) is 4.94. The van der Waals surface area contributed by atoms with Gasteiger partial charge in [-0.25, -0.2) is 15.0 Å². The van der Waals surface area contributed by atoms with Crippen LogP contribution >= 0.6 is 22.9 Å². The molecule has 0 saturated carbocycles. The predicted molar refractivity (Wildman–Crippen MR) is 131 cm³/mol. The van der Waals surface area contributed by atoms with E-state index >= 15 is 0 Å². The van der Waals surface area contributed by atoms with Crippen molar-refractivity contribution in [2.45, 2.75) is 20.3 Å². The van der Waals surface area contributed by atoms with Crippen LogP contribution < -0.4 is 10.1 Å². The lowest BCUT2D eigenvalue weighted by atomic mass is 10.0. The maximum absolute atomic E-state index is 9.97. The summed E-state index contributed by atoms with van der Waals surface area (Å²) in [6, 6.07) is 12.5. The standard InChI is InChI=1S/C24H23ClN4O2S/c1-4-8-26-24-27-13-21(32-24)19-12-20(22-14(2)9-17(31-3)11-18(22)25)29-23(28-19)15-6-5-7-16(30)10-15/h5-7,9-13,30H,4,8H2,1-3H3,(H,26,27). The minimum Gasteiger partial charge on any atom is -0.508 e. The molecule has 32 heavy (non-hydrogen) atoms. The number of hydrogen-bond acceptors (Lipinski definition) is 7. The largest absolute Gasteiger partial charge is 0.508 e. The molecule has 2 aromatic carbocycles. The topological polar surface area (TPSA) is 80.2 Å². The van der Waals surface area contributed by atoms with Crippen LogP contribution in [0.5, 0.6) is 11.5 Å². The molecule has 4 aromatic rings. The van der Waals surface area contributed by atoms with Gasteiger partial charge in [0.05, 0.1) is 28.4 Å².